The third-order valence-electron chi connectivity index (χ3n) is 4.28. The molecule has 3 atom stereocenters. The molecule has 0 saturated heterocycles. The predicted molar refractivity (Wildman–Crippen MR) is 115 cm³/mol. The minimum atomic E-state index is -1.29. The molecule has 178 valence electrons. The number of aromatic amines is 1. The Hall–Kier alpha value is -3.13. The van der Waals surface area contributed by atoms with Crippen LogP contribution in [0.2, 0.25) is 0 Å². The van der Waals surface area contributed by atoms with E-state index in [-0.39, 0.29) is 19.3 Å². The quantitative estimate of drug-likeness (QED) is 0.150. The van der Waals surface area contributed by atoms with Gasteiger partial charge < -0.3 is 36.9 Å². The van der Waals surface area contributed by atoms with Gasteiger partial charge in [-0.05, 0) is 24.9 Å². The summed E-state index contributed by atoms with van der Waals surface area (Å²) in [5, 5.41) is 25.1. The van der Waals surface area contributed by atoms with Crippen LogP contribution in [0.3, 0.4) is 0 Å². The predicted octanol–water partition coefficient (Wildman–Crippen LogP) is -1.93. The van der Waals surface area contributed by atoms with Gasteiger partial charge in [0.1, 0.15) is 12.1 Å². The highest BCUT2D eigenvalue weighted by Crippen LogP contribution is 2.04. The number of carbonyl (C=O) groups is 5. The van der Waals surface area contributed by atoms with Crippen molar-refractivity contribution < 1.29 is 34.2 Å². The maximum Gasteiger partial charge on any atom is 0.326 e. The number of amides is 3. The lowest BCUT2D eigenvalue weighted by molar-refractivity contribution is -0.143. The van der Waals surface area contributed by atoms with Crippen LogP contribution >= 0.6 is 11.8 Å². The molecule has 32 heavy (non-hydrogen) atoms. The summed E-state index contributed by atoms with van der Waals surface area (Å²) in [5.41, 5.74) is 6.41. The molecule has 8 N–H and O–H groups in total. The molecule has 3 amide bonds. The Labute approximate surface area is 188 Å². The number of rotatable bonds is 15. The summed E-state index contributed by atoms with van der Waals surface area (Å²) < 4.78 is 0. The van der Waals surface area contributed by atoms with Gasteiger partial charge in [0.15, 0.2) is 0 Å². The Morgan fingerprint density at radius 2 is 1.84 bits per heavy atom. The van der Waals surface area contributed by atoms with E-state index in [9.17, 15) is 29.1 Å². The summed E-state index contributed by atoms with van der Waals surface area (Å²) in [6, 6.07) is -3.41. The molecule has 0 aliphatic rings. The first-order chi connectivity index (χ1) is 15.1. The van der Waals surface area contributed by atoms with Gasteiger partial charge >= 0.3 is 11.9 Å². The minimum Gasteiger partial charge on any atom is -0.481 e. The zero-order valence-electron chi connectivity index (χ0n) is 17.5. The van der Waals surface area contributed by atoms with E-state index < -0.39 is 60.8 Å². The smallest absolute Gasteiger partial charge is 0.326 e. The van der Waals surface area contributed by atoms with Crippen molar-refractivity contribution in [3.63, 3.8) is 0 Å². The average Bonchev–Trinajstić information content (AvgIpc) is 3.24. The normalized spacial score (nSPS) is 13.4. The Morgan fingerprint density at radius 1 is 1.12 bits per heavy atom. The SMILES string of the molecule is CSCCC(NC(=O)C(CCC(=O)O)NC(=O)CNC(=O)C(N)Cc1cnc[nH]1)C(=O)O. The molecule has 1 heterocycles. The van der Waals surface area contributed by atoms with E-state index >= 15 is 0 Å². The van der Waals surface area contributed by atoms with Gasteiger partial charge in [-0.25, -0.2) is 9.78 Å². The molecule has 0 saturated carbocycles. The topological polar surface area (TPSA) is 217 Å². The van der Waals surface area contributed by atoms with Gasteiger partial charge in [-0.2, -0.15) is 11.8 Å². The molecule has 0 radical (unpaired) electrons. The number of carboxylic acid groups (broad SMARTS) is 2. The first-order valence-corrected chi connectivity index (χ1v) is 11.1. The number of H-pyrrole nitrogens is 1. The lowest BCUT2D eigenvalue weighted by Gasteiger charge is -2.21. The van der Waals surface area contributed by atoms with E-state index in [1.54, 1.807) is 6.26 Å². The molecule has 0 aliphatic heterocycles. The van der Waals surface area contributed by atoms with E-state index in [1.165, 1.54) is 24.3 Å². The lowest BCUT2D eigenvalue weighted by Crippen LogP contribution is -2.54. The van der Waals surface area contributed by atoms with Crippen LogP contribution in [0.4, 0.5) is 0 Å². The zero-order valence-corrected chi connectivity index (χ0v) is 18.3. The standard InChI is InChI=1S/C18H28N6O7S/c1-32-5-4-13(18(30)31)24-17(29)12(2-3-15(26)27)23-14(25)8-21-16(28)11(19)6-10-7-20-9-22-10/h7,9,11-13H,2-6,8,19H2,1H3,(H,20,22)(H,21,28)(H,23,25)(H,24,29)(H,26,27)(H,30,31). The molecule has 0 bridgehead atoms. The van der Waals surface area contributed by atoms with Crippen LogP contribution in [0, 0.1) is 0 Å². The van der Waals surface area contributed by atoms with Crippen molar-refractivity contribution in [3.8, 4) is 0 Å². The highest BCUT2D eigenvalue weighted by molar-refractivity contribution is 7.98. The van der Waals surface area contributed by atoms with Crippen LogP contribution in [0.5, 0.6) is 0 Å². The number of nitrogens with one attached hydrogen (secondary N) is 4. The van der Waals surface area contributed by atoms with Crippen LogP contribution in [0.15, 0.2) is 12.5 Å². The van der Waals surface area contributed by atoms with Crippen molar-refractivity contribution in [1.82, 2.24) is 25.9 Å². The van der Waals surface area contributed by atoms with Crippen molar-refractivity contribution in [1.29, 1.82) is 0 Å². The summed E-state index contributed by atoms with van der Waals surface area (Å²) in [7, 11) is 0. The largest absolute Gasteiger partial charge is 0.481 e. The molecule has 3 unspecified atom stereocenters. The number of carbonyl (C=O) groups excluding carboxylic acids is 3. The van der Waals surface area contributed by atoms with Gasteiger partial charge in [0.25, 0.3) is 0 Å². The van der Waals surface area contributed by atoms with Crippen molar-refractivity contribution in [3.05, 3.63) is 18.2 Å². The summed E-state index contributed by atoms with van der Waals surface area (Å²) >= 11 is 1.40. The van der Waals surface area contributed by atoms with Gasteiger partial charge in [0, 0.05) is 24.7 Å². The molecule has 0 spiro atoms. The number of nitrogens with zero attached hydrogens (tertiary/aromatic N) is 1. The first-order valence-electron chi connectivity index (χ1n) is 9.67. The van der Waals surface area contributed by atoms with Gasteiger partial charge in [-0.15, -0.1) is 0 Å². The lowest BCUT2D eigenvalue weighted by atomic mass is 10.1. The monoisotopic (exact) mass is 472 g/mol. The van der Waals surface area contributed by atoms with Crippen LogP contribution in [0.1, 0.15) is 25.0 Å². The van der Waals surface area contributed by atoms with Crippen LogP contribution in [0.25, 0.3) is 0 Å². The first kappa shape index (κ1) is 26.9. The maximum atomic E-state index is 12.5. The number of hydrogen-bond acceptors (Lipinski definition) is 8. The van der Waals surface area contributed by atoms with Crippen molar-refractivity contribution >= 4 is 41.4 Å². The highest BCUT2D eigenvalue weighted by atomic mass is 32.2. The van der Waals surface area contributed by atoms with Crippen molar-refractivity contribution in [2.75, 3.05) is 18.6 Å². The second-order valence-corrected chi connectivity index (χ2v) is 7.82. The van der Waals surface area contributed by atoms with Gasteiger partial charge in [-0.3, -0.25) is 19.2 Å². The van der Waals surface area contributed by atoms with E-state index in [0.717, 1.165) is 0 Å². The molecule has 0 aromatic carbocycles. The van der Waals surface area contributed by atoms with Gasteiger partial charge in [-0.1, -0.05) is 0 Å². The number of aromatic nitrogens is 2. The van der Waals surface area contributed by atoms with Crippen LogP contribution in [-0.2, 0) is 30.4 Å². The molecule has 14 heteroatoms. The van der Waals surface area contributed by atoms with E-state index in [1.807, 2.05) is 0 Å². The van der Waals surface area contributed by atoms with Crippen molar-refractivity contribution in [2.24, 2.45) is 5.73 Å². The fourth-order valence-electron chi connectivity index (χ4n) is 2.57. The van der Waals surface area contributed by atoms with Gasteiger partial charge in [0.05, 0.1) is 18.9 Å². The zero-order chi connectivity index (χ0) is 24.1. The molecule has 1 rings (SSSR count). The maximum absolute atomic E-state index is 12.5. The van der Waals surface area contributed by atoms with Crippen molar-refractivity contribution in [2.45, 2.75) is 43.8 Å². The Morgan fingerprint density at radius 3 is 2.41 bits per heavy atom. The Kier molecular flexibility index (Phi) is 11.8. The molecule has 0 aliphatic carbocycles. The second kappa shape index (κ2) is 14.0. The third-order valence-corrected chi connectivity index (χ3v) is 4.92. The Balaban J connectivity index is 2.64. The summed E-state index contributed by atoms with van der Waals surface area (Å²) in [6.45, 7) is -0.499. The second-order valence-electron chi connectivity index (χ2n) is 6.84. The van der Waals surface area contributed by atoms with E-state index in [4.69, 9.17) is 10.8 Å². The molecular weight excluding hydrogens is 444 g/mol. The fourth-order valence-corrected chi connectivity index (χ4v) is 3.04. The Bertz CT molecular complexity index is 789. The molecule has 13 nitrogen and oxygen atoms in total. The number of nitrogens with two attached hydrogens (primary N) is 1. The minimum absolute atomic E-state index is 0.159. The van der Waals surface area contributed by atoms with Crippen LogP contribution < -0.4 is 21.7 Å². The van der Waals surface area contributed by atoms with Crippen LogP contribution in [-0.4, -0.2) is 86.5 Å². The van der Waals surface area contributed by atoms with E-state index in [0.29, 0.717) is 11.4 Å². The van der Waals surface area contributed by atoms with E-state index in [2.05, 4.69) is 25.9 Å². The number of thioether (sulfide) groups is 1. The highest BCUT2D eigenvalue weighted by Gasteiger charge is 2.27. The molecular formula is C18H28N6O7S. The number of imidazole rings is 1. The van der Waals surface area contributed by atoms with Gasteiger partial charge in [0.2, 0.25) is 17.7 Å². The summed E-state index contributed by atoms with van der Waals surface area (Å²) in [4.78, 5) is 65.6. The third kappa shape index (κ3) is 10.3. The average molecular weight is 473 g/mol. The summed E-state index contributed by atoms with van der Waals surface area (Å²) in [5.74, 6) is -4.14. The number of hydrogen-bond donors (Lipinski definition) is 7. The summed E-state index contributed by atoms with van der Waals surface area (Å²) in [6.07, 6.45) is 4.37. The fraction of sp³-hybridized carbons (Fsp3) is 0.556. The number of aliphatic carboxylic acids is 2. The molecule has 1 aromatic heterocycles. The number of carboxylic acids is 2. The molecule has 1 aromatic rings. The molecule has 0 fully saturated rings.